The van der Waals surface area contributed by atoms with Gasteiger partial charge in [0, 0.05) is 19.4 Å². The van der Waals surface area contributed by atoms with E-state index < -0.39 is 0 Å². The summed E-state index contributed by atoms with van der Waals surface area (Å²) in [5.41, 5.74) is 2.60. The number of carbonyl (C=O) groups is 1. The van der Waals surface area contributed by atoms with Crippen LogP contribution in [0, 0.1) is 40.4 Å². The van der Waals surface area contributed by atoms with Crippen LogP contribution in [0.2, 0.25) is 0 Å². The molecule has 174 valence electrons. The molecule has 0 aliphatic heterocycles. The first-order chi connectivity index (χ1) is 14.2. The molecule has 3 rings (SSSR count). The maximum absolute atomic E-state index is 12.1. The Balaban J connectivity index is 0.00000101. The van der Waals surface area contributed by atoms with E-state index in [4.69, 9.17) is 5.11 Å². The molecule has 2 saturated carbocycles. The maximum Gasteiger partial charge on any atom is 0.133 e. The van der Waals surface area contributed by atoms with Crippen LogP contribution in [0.4, 0.5) is 0 Å². The zero-order valence-corrected chi connectivity index (χ0v) is 21.1. The standard InChI is InChI=1S/C26H44O.C2H6O/c1-7-9-10-18(3)23(8-2)25(5)16-14-24-22(19(25)4)12-11-20-17-21(27)13-15-26(20,24)6;1-2-3/h12,18-20,23-24H,7-11,13-17H2,1-6H3;3H,2H2,1H3. The van der Waals surface area contributed by atoms with Crippen LogP contribution in [0.15, 0.2) is 11.6 Å². The lowest BCUT2D eigenvalue weighted by molar-refractivity contribution is -0.127. The fourth-order valence-electron chi connectivity index (χ4n) is 7.62. The number of ketones is 1. The molecule has 0 spiro atoms. The molecule has 0 aromatic heterocycles. The topological polar surface area (TPSA) is 37.3 Å². The Kier molecular flexibility index (Phi) is 9.22. The van der Waals surface area contributed by atoms with Crippen LogP contribution in [0.5, 0.6) is 0 Å². The highest BCUT2D eigenvalue weighted by Crippen LogP contribution is 2.62. The molecule has 7 unspecified atom stereocenters. The van der Waals surface area contributed by atoms with Crippen LogP contribution < -0.4 is 0 Å². The highest BCUT2D eigenvalue weighted by Gasteiger charge is 2.54. The van der Waals surface area contributed by atoms with Crippen molar-refractivity contribution in [3.63, 3.8) is 0 Å². The van der Waals surface area contributed by atoms with Crippen molar-refractivity contribution in [2.24, 2.45) is 40.4 Å². The maximum atomic E-state index is 12.1. The lowest BCUT2D eigenvalue weighted by Crippen LogP contribution is -2.50. The van der Waals surface area contributed by atoms with E-state index in [0.29, 0.717) is 28.4 Å². The number of rotatable bonds is 6. The second-order valence-electron chi connectivity index (χ2n) is 11.2. The van der Waals surface area contributed by atoms with E-state index in [0.717, 1.165) is 43.4 Å². The normalized spacial score (nSPS) is 37.8. The molecule has 3 aliphatic carbocycles. The lowest BCUT2D eigenvalue weighted by Gasteiger charge is -2.58. The third-order valence-electron chi connectivity index (χ3n) is 9.63. The van der Waals surface area contributed by atoms with Crippen molar-refractivity contribution in [3.8, 4) is 0 Å². The van der Waals surface area contributed by atoms with Gasteiger partial charge in [-0.2, -0.15) is 0 Å². The van der Waals surface area contributed by atoms with Crippen LogP contribution >= 0.6 is 0 Å². The molecule has 2 nitrogen and oxygen atoms in total. The van der Waals surface area contributed by atoms with Crippen LogP contribution in [0.1, 0.15) is 113 Å². The molecule has 0 radical (unpaired) electrons. The largest absolute Gasteiger partial charge is 0.397 e. The fourth-order valence-corrected chi connectivity index (χ4v) is 7.62. The van der Waals surface area contributed by atoms with E-state index in [9.17, 15) is 4.79 Å². The number of carbonyl (C=O) groups excluding carboxylic acids is 1. The van der Waals surface area contributed by atoms with E-state index in [2.05, 4.69) is 47.6 Å². The molecule has 0 saturated heterocycles. The SMILES string of the molecule is CCCCC(C)C(CC)C1(C)CCC2C(=CCC3CC(=O)CCC32C)C1C.CCO. The zero-order valence-electron chi connectivity index (χ0n) is 21.1. The number of allylic oxidation sites excluding steroid dienone is 2. The van der Waals surface area contributed by atoms with E-state index in [1.807, 2.05) is 0 Å². The number of aliphatic hydroxyl groups excluding tert-OH is 1. The quantitative estimate of drug-likeness (QED) is 0.451. The molecule has 2 heteroatoms. The minimum atomic E-state index is 0.250. The molecule has 0 bridgehead atoms. The Hall–Kier alpha value is -0.630. The van der Waals surface area contributed by atoms with Crippen LogP contribution in [-0.4, -0.2) is 17.5 Å². The average molecular weight is 419 g/mol. The minimum absolute atomic E-state index is 0.250. The van der Waals surface area contributed by atoms with Crippen molar-refractivity contribution in [1.29, 1.82) is 0 Å². The van der Waals surface area contributed by atoms with Gasteiger partial charge in [0.15, 0.2) is 0 Å². The Bertz CT molecular complexity index is 593. The van der Waals surface area contributed by atoms with E-state index in [1.54, 1.807) is 12.5 Å². The van der Waals surface area contributed by atoms with E-state index >= 15 is 0 Å². The molecule has 0 aromatic rings. The van der Waals surface area contributed by atoms with Crippen LogP contribution in [-0.2, 0) is 4.79 Å². The zero-order chi connectivity index (χ0) is 22.5. The van der Waals surface area contributed by atoms with Gasteiger partial charge in [-0.3, -0.25) is 4.79 Å². The molecular formula is C28H50O2. The number of hydrogen-bond acceptors (Lipinski definition) is 2. The van der Waals surface area contributed by atoms with Gasteiger partial charge < -0.3 is 5.11 Å². The Labute approximate surface area is 187 Å². The molecule has 0 aromatic carbocycles. The molecule has 1 N–H and O–H groups in total. The Morgan fingerprint density at radius 2 is 1.87 bits per heavy atom. The summed E-state index contributed by atoms with van der Waals surface area (Å²) in [6.45, 7) is 16.9. The number of unbranched alkanes of at least 4 members (excludes halogenated alkanes) is 1. The van der Waals surface area contributed by atoms with Gasteiger partial charge in [-0.15, -0.1) is 0 Å². The molecule has 0 heterocycles. The second-order valence-corrected chi connectivity index (χ2v) is 11.2. The van der Waals surface area contributed by atoms with Crippen molar-refractivity contribution in [2.75, 3.05) is 6.61 Å². The number of hydrogen-bond donors (Lipinski definition) is 1. The van der Waals surface area contributed by atoms with Crippen molar-refractivity contribution >= 4 is 5.78 Å². The van der Waals surface area contributed by atoms with Crippen molar-refractivity contribution < 1.29 is 9.90 Å². The van der Waals surface area contributed by atoms with Gasteiger partial charge >= 0.3 is 0 Å². The van der Waals surface area contributed by atoms with E-state index in [-0.39, 0.29) is 6.61 Å². The Morgan fingerprint density at radius 1 is 1.20 bits per heavy atom. The predicted molar refractivity (Wildman–Crippen MR) is 128 cm³/mol. The highest BCUT2D eigenvalue weighted by molar-refractivity contribution is 5.79. The first-order valence-corrected chi connectivity index (χ1v) is 13.0. The van der Waals surface area contributed by atoms with Gasteiger partial charge in [0.2, 0.25) is 0 Å². The van der Waals surface area contributed by atoms with Gasteiger partial charge in [0.1, 0.15) is 5.78 Å². The highest BCUT2D eigenvalue weighted by atomic mass is 16.2. The summed E-state index contributed by atoms with van der Waals surface area (Å²) in [6.07, 6.45) is 14.7. The van der Waals surface area contributed by atoms with Crippen molar-refractivity contribution in [2.45, 2.75) is 113 Å². The van der Waals surface area contributed by atoms with Gasteiger partial charge in [-0.1, -0.05) is 78.9 Å². The third-order valence-corrected chi connectivity index (χ3v) is 9.63. The summed E-state index contributed by atoms with van der Waals surface area (Å²) in [4.78, 5) is 12.1. The number of aliphatic hydroxyl groups is 1. The van der Waals surface area contributed by atoms with Crippen molar-refractivity contribution in [3.05, 3.63) is 11.6 Å². The summed E-state index contributed by atoms with van der Waals surface area (Å²) < 4.78 is 0. The summed E-state index contributed by atoms with van der Waals surface area (Å²) in [7, 11) is 0. The predicted octanol–water partition coefficient (Wildman–Crippen LogP) is 7.60. The summed E-state index contributed by atoms with van der Waals surface area (Å²) in [5.74, 6) is 4.21. The second kappa shape index (κ2) is 10.8. The van der Waals surface area contributed by atoms with Crippen LogP contribution in [0.25, 0.3) is 0 Å². The molecule has 30 heavy (non-hydrogen) atoms. The molecule has 2 fully saturated rings. The summed E-state index contributed by atoms with van der Waals surface area (Å²) in [5, 5.41) is 7.57. The first kappa shape index (κ1) is 25.6. The van der Waals surface area contributed by atoms with Gasteiger partial charge in [0.25, 0.3) is 0 Å². The van der Waals surface area contributed by atoms with Crippen LogP contribution in [0.3, 0.4) is 0 Å². The smallest absolute Gasteiger partial charge is 0.133 e. The first-order valence-electron chi connectivity index (χ1n) is 13.0. The molecule has 7 atom stereocenters. The minimum Gasteiger partial charge on any atom is -0.397 e. The van der Waals surface area contributed by atoms with E-state index in [1.165, 1.54) is 38.5 Å². The molecule has 0 amide bonds. The lowest BCUT2D eigenvalue weighted by atomic mass is 9.46. The summed E-state index contributed by atoms with van der Waals surface area (Å²) in [6, 6.07) is 0. The average Bonchev–Trinajstić information content (AvgIpc) is 2.71. The number of Topliss-reactive ketones (excluding diaryl/α,β-unsaturated/α-hetero) is 1. The van der Waals surface area contributed by atoms with Gasteiger partial charge in [0.05, 0.1) is 0 Å². The molecular weight excluding hydrogens is 368 g/mol. The summed E-state index contributed by atoms with van der Waals surface area (Å²) >= 11 is 0. The Morgan fingerprint density at radius 3 is 2.47 bits per heavy atom. The molecule has 3 aliphatic rings. The van der Waals surface area contributed by atoms with Crippen molar-refractivity contribution in [1.82, 2.24) is 0 Å². The van der Waals surface area contributed by atoms with Gasteiger partial charge in [-0.25, -0.2) is 0 Å². The fraction of sp³-hybridized carbons (Fsp3) is 0.893. The van der Waals surface area contributed by atoms with Gasteiger partial charge in [-0.05, 0) is 73.0 Å². The number of fused-ring (bicyclic) bond motifs is 3. The monoisotopic (exact) mass is 418 g/mol. The third kappa shape index (κ3) is 4.89.